The molecule has 0 radical (unpaired) electrons. The van der Waals surface area contributed by atoms with Crippen molar-refractivity contribution in [3.8, 4) is 0 Å². The minimum Gasteiger partial charge on any atom is -0.463 e. The molecule has 0 spiro atoms. The van der Waals surface area contributed by atoms with Crippen molar-refractivity contribution < 1.29 is 49.8 Å². The molecule has 11 heteroatoms. The van der Waals surface area contributed by atoms with Crippen molar-refractivity contribution in [1.82, 2.24) is 0 Å². The summed E-state index contributed by atoms with van der Waals surface area (Å²) < 4.78 is 111. The molecular weight excluding hydrogens is 368 g/mol. The van der Waals surface area contributed by atoms with Gasteiger partial charge in [0.1, 0.15) is 0 Å². The zero-order chi connectivity index (χ0) is 19.9. The summed E-state index contributed by atoms with van der Waals surface area (Å²) in [6, 6.07) is 0. The Bertz CT molecular complexity index is 463. The van der Waals surface area contributed by atoms with Gasteiger partial charge in [-0.25, -0.2) is 4.79 Å². The molecule has 0 rings (SSSR count). The van der Waals surface area contributed by atoms with E-state index in [0.29, 0.717) is 0 Å². The average molecular weight is 386 g/mol. The number of ether oxygens (including phenoxy) is 1. The quantitative estimate of drug-likeness (QED) is 0.251. The van der Waals surface area contributed by atoms with Gasteiger partial charge in [-0.1, -0.05) is 6.08 Å². The molecule has 0 bridgehead atoms. The number of rotatable bonds is 11. The van der Waals surface area contributed by atoms with Gasteiger partial charge in [-0.3, -0.25) is 0 Å². The monoisotopic (exact) mass is 386 g/mol. The van der Waals surface area contributed by atoms with Gasteiger partial charge in [0.2, 0.25) is 0 Å². The van der Waals surface area contributed by atoms with Gasteiger partial charge in [0.05, 0.1) is 6.61 Å². The Morgan fingerprint density at radius 2 is 1.36 bits per heavy atom. The summed E-state index contributed by atoms with van der Waals surface area (Å²) >= 11 is 0. The standard InChI is InChI=1S/C14H18F8O3/c1-2-5-10(24)25-9-4-7-12(17,18)14(21,22)13(19,20)11(15,16)6-3-8-23/h2,5,23H,3-4,6-9H2,1H3. The summed E-state index contributed by atoms with van der Waals surface area (Å²) in [5, 5.41) is 8.32. The minimum absolute atomic E-state index is 0.776. The highest BCUT2D eigenvalue weighted by molar-refractivity contribution is 5.81. The van der Waals surface area contributed by atoms with E-state index in [1.54, 1.807) is 0 Å². The summed E-state index contributed by atoms with van der Waals surface area (Å²) in [6.45, 7) is -0.332. The lowest BCUT2D eigenvalue weighted by molar-refractivity contribution is -0.368. The Morgan fingerprint density at radius 3 is 1.76 bits per heavy atom. The molecule has 0 saturated carbocycles. The van der Waals surface area contributed by atoms with Crippen molar-refractivity contribution in [3.63, 3.8) is 0 Å². The zero-order valence-electron chi connectivity index (χ0n) is 13.2. The number of aliphatic hydroxyl groups excluding tert-OH is 1. The van der Waals surface area contributed by atoms with Crippen LogP contribution in [-0.2, 0) is 9.53 Å². The Labute approximate surface area is 138 Å². The third kappa shape index (κ3) is 5.55. The highest BCUT2D eigenvalue weighted by Gasteiger charge is 2.79. The molecule has 0 aliphatic rings. The third-order valence-electron chi connectivity index (χ3n) is 3.14. The molecule has 0 fully saturated rings. The fourth-order valence-corrected chi connectivity index (χ4v) is 1.73. The number of alkyl halides is 8. The van der Waals surface area contributed by atoms with Gasteiger partial charge < -0.3 is 9.84 Å². The number of hydrogen-bond donors (Lipinski definition) is 1. The molecule has 0 unspecified atom stereocenters. The molecule has 0 amide bonds. The number of halogens is 8. The van der Waals surface area contributed by atoms with Crippen LogP contribution in [0.15, 0.2) is 12.2 Å². The van der Waals surface area contributed by atoms with Gasteiger partial charge >= 0.3 is 29.7 Å². The second-order valence-electron chi connectivity index (χ2n) is 5.16. The zero-order valence-corrected chi connectivity index (χ0v) is 13.2. The van der Waals surface area contributed by atoms with Gasteiger partial charge in [-0.15, -0.1) is 0 Å². The first-order valence-electron chi connectivity index (χ1n) is 7.18. The average Bonchev–Trinajstić information content (AvgIpc) is 2.49. The van der Waals surface area contributed by atoms with Gasteiger partial charge in [-0.2, -0.15) is 35.1 Å². The SMILES string of the molecule is CC=CC(=O)OCCCC(F)(F)C(F)(F)C(F)(F)C(F)(F)CCCO. The topological polar surface area (TPSA) is 46.5 Å². The third-order valence-corrected chi connectivity index (χ3v) is 3.14. The van der Waals surface area contributed by atoms with E-state index in [1.165, 1.54) is 13.0 Å². The molecule has 0 atom stereocenters. The van der Waals surface area contributed by atoms with E-state index in [-0.39, 0.29) is 0 Å². The second kappa shape index (κ2) is 8.81. The fourth-order valence-electron chi connectivity index (χ4n) is 1.73. The fraction of sp³-hybridized carbons (Fsp3) is 0.786. The van der Waals surface area contributed by atoms with Crippen molar-refractivity contribution in [2.24, 2.45) is 0 Å². The van der Waals surface area contributed by atoms with Crippen LogP contribution in [0.3, 0.4) is 0 Å². The van der Waals surface area contributed by atoms with Crippen molar-refractivity contribution in [3.05, 3.63) is 12.2 Å². The van der Waals surface area contributed by atoms with Crippen molar-refractivity contribution in [2.75, 3.05) is 13.2 Å². The first kappa shape index (κ1) is 23.6. The van der Waals surface area contributed by atoms with E-state index in [0.717, 1.165) is 6.08 Å². The molecule has 0 aromatic rings. The van der Waals surface area contributed by atoms with Crippen LogP contribution >= 0.6 is 0 Å². The van der Waals surface area contributed by atoms with Crippen LogP contribution in [0.1, 0.15) is 32.6 Å². The maximum absolute atomic E-state index is 13.5. The van der Waals surface area contributed by atoms with Crippen molar-refractivity contribution in [1.29, 1.82) is 0 Å². The van der Waals surface area contributed by atoms with Crippen LogP contribution in [0.25, 0.3) is 0 Å². The van der Waals surface area contributed by atoms with E-state index < -0.39 is 68.6 Å². The van der Waals surface area contributed by atoms with Crippen LogP contribution in [0.2, 0.25) is 0 Å². The van der Waals surface area contributed by atoms with Gasteiger partial charge in [-0.05, 0) is 19.8 Å². The Kier molecular flexibility index (Phi) is 8.32. The molecule has 148 valence electrons. The second-order valence-corrected chi connectivity index (χ2v) is 5.16. The number of esters is 1. The lowest BCUT2D eigenvalue weighted by Gasteiger charge is -2.36. The highest BCUT2D eigenvalue weighted by atomic mass is 19.4. The normalized spacial score (nSPS) is 14.2. The minimum atomic E-state index is -6.34. The number of allylic oxidation sites excluding steroid dienone is 1. The summed E-state index contributed by atoms with van der Waals surface area (Å²) in [4.78, 5) is 10.9. The molecular formula is C14H18F8O3. The van der Waals surface area contributed by atoms with Gasteiger partial charge in [0, 0.05) is 25.5 Å². The van der Waals surface area contributed by atoms with E-state index in [4.69, 9.17) is 5.11 Å². The molecule has 1 N–H and O–H groups in total. The Morgan fingerprint density at radius 1 is 0.920 bits per heavy atom. The highest BCUT2D eigenvalue weighted by Crippen LogP contribution is 2.54. The summed E-state index contributed by atoms with van der Waals surface area (Å²) in [7, 11) is 0. The van der Waals surface area contributed by atoms with E-state index in [1.807, 2.05) is 0 Å². The number of aliphatic hydroxyl groups is 1. The number of hydrogen-bond acceptors (Lipinski definition) is 3. The largest absolute Gasteiger partial charge is 0.463 e. The number of carbonyl (C=O) groups excluding carboxylic acids is 1. The first-order valence-corrected chi connectivity index (χ1v) is 7.18. The molecule has 25 heavy (non-hydrogen) atoms. The van der Waals surface area contributed by atoms with Crippen LogP contribution in [0, 0.1) is 0 Å². The van der Waals surface area contributed by atoms with Crippen LogP contribution in [0.5, 0.6) is 0 Å². The smallest absolute Gasteiger partial charge is 0.378 e. The molecule has 0 aromatic carbocycles. The maximum Gasteiger partial charge on any atom is 0.378 e. The van der Waals surface area contributed by atoms with Crippen molar-refractivity contribution >= 4 is 5.97 Å². The van der Waals surface area contributed by atoms with Crippen molar-refractivity contribution in [2.45, 2.75) is 56.3 Å². The Hall–Kier alpha value is -1.39. The molecule has 0 heterocycles. The van der Waals surface area contributed by atoms with E-state index in [9.17, 15) is 39.9 Å². The molecule has 0 aliphatic carbocycles. The summed E-state index contributed by atoms with van der Waals surface area (Å²) in [5.74, 6) is -24.5. The molecule has 0 aliphatic heterocycles. The lowest BCUT2D eigenvalue weighted by Crippen LogP contribution is -2.62. The summed E-state index contributed by atoms with van der Waals surface area (Å²) in [6.07, 6.45) is -3.53. The van der Waals surface area contributed by atoms with Gasteiger partial charge in [0.25, 0.3) is 0 Å². The van der Waals surface area contributed by atoms with E-state index in [2.05, 4.69) is 4.74 Å². The maximum atomic E-state index is 13.5. The van der Waals surface area contributed by atoms with Crippen LogP contribution in [-0.4, -0.2) is 48.0 Å². The van der Waals surface area contributed by atoms with Gasteiger partial charge in [0.15, 0.2) is 0 Å². The van der Waals surface area contributed by atoms with E-state index >= 15 is 0 Å². The summed E-state index contributed by atoms with van der Waals surface area (Å²) in [5.41, 5.74) is 0. The first-order chi connectivity index (χ1) is 11.3. The van der Waals surface area contributed by atoms with Crippen LogP contribution in [0.4, 0.5) is 35.1 Å². The molecule has 0 saturated heterocycles. The molecule has 0 aromatic heterocycles. The number of carbonyl (C=O) groups is 1. The van der Waals surface area contributed by atoms with Crippen LogP contribution < -0.4 is 0 Å². The Balaban J connectivity index is 5.03. The lowest BCUT2D eigenvalue weighted by atomic mass is 9.93. The predicted molar refractivity (Wildman–Crippen MR) is 71.1 cm³/mol. The predicted octanol–water partition coefficient (Wildman–Crippen LogP) is 4.20. The molecule has 3 nitrogen and oxygen atoms in total.